The van der Waals surface area contributed by atoms with E-state index in [2.05, 4.69) is 27.0 Å². The summed E-state index contributed by atoms with van der Waals surface area (Å²) in [5.41, 5.74) is 1.06. The van der Waals surface area contributed by atoms with E-state index >= 15 is 0 Å². The van der Waals surface area contributed by atoms with E-state index in [9.17, 15) is 4.39 Å². The summed E-state index contributed by atoms with van der Waals surface area (Å²) in [6, 6.07) is 13.7. The second-order valence-corrected chi connectivity index (χ2v) is 7.30. The Kier molecular flexibility index (Phi) is 5.73. The number of allylic oxidation sites excluding steroid dienone is 1. The molecule has 9 heteroatoms. The van der Waals surface area contributed by atoms with Crippen molar-refractivity contribution in [3.63, 3.8) is 0 Å². The Morgan fingerprint density at radius 2 is 1.79 bits per heavy atom. The zero-order valence-corrected chi connectivity index (χ0v) is 16.7. The number of nitrogens with zero attached hydrogens (tertiary/aromatic N) is 5. The quantitative estimate of drug-likeness (QED) is 0.296. The molecule has 4 aromatic rings. The van der Waals surface area contributed by atoms with E-state index in [-0.39, 0.29) is 5.82 Å². The molecule has 0 unspecified atom stereocenters. The summed E-state index contributed by atoms with van der Waals surface area (Å²) in [5.74, 6) is 1.23. The normalized spacial score (nSPS) is 11.0. The van der Waals surface area contributed by atoms with Crippen molar-refractivity contribution in [2.75, 3.05) is 0 Å². The highest BCUT2D eigenvalue weighted by molar-refractivity contribution is 7.98. The summed E-state index contributed by atoms with van der Waals surface area (Å²) in [4.78, 5) is 0. The third-order valence-corrected chi connectivity index (χ3v) is 5.32. The van der Waals surface area contributed by atoms with Gasteiger partial charge in [-0.2, -0.15) is 0 Å². The van der Waals surface area contributed by atoms with Gasteiger partial charge in [0.2, 0.25) is 11.8 Å². The van der Waals surface area contributed by atoms with Gasteiger partial charge in [-0.05, 0) is 24.3 Å². The summed E-state index contributed by atoms with van der Waals surface area (Å²) in [6.45, 7) is 4.20. The lowest BCUT2D eigenvalue weighted by Crippen LogP contribution is -2.01. The third kappa shape index (κ3) is 4.08. The van der Waals surface area contributed by atoms with Crippen LogP contribution in [-0.4, -0.2) is 25.0 Å². The molecule has 2 aromatic carbocycles. The van der Waals surface area contributed by atoms with Crippen LogP contribution in [0.15, 0.2) is 70.8 Å². The van der Waals surface area contributed by atoms with Gasteiger partial charge in [0.25, 0.3) is 0 Å². The lowest BCUT2D eigenvalue weighted by molar-refractivity contribution is 0.528. The molecule has 0 saturated heterocycles. The number of aromatic nitrogens is 5. The minimum Gasteiger partial charge on any atom is -0.420 e. The molecule has 0 N–H and O–H groups in total. The summed E-state index contributed by atoms with van der Waals surface area (Å²) in [5, 5.41) is 17.6. The largest absolute Gasteiger partial charge is 0.420 e. The lowest BCUT2D eigenvalue weighted by Gasteiger charge is -2.07. The number of hydrogen-bond acceptors (Lipinski definition) is 6. The Bertz CT molecular complexity index is 1160. The van der Waals surface area contributed by atoms with Gasteiger partial charge in [-0.15, -0.1) is 27.0 Å². The highest BCUT2D eigenvalue weighted by atomic mass is 35.5. The first kappa shape index (κ1) is 19.4. The fraction of sp³-hybridized carbons (Fsp3) is 0.100. The van der Waals surface area contributed by atoms with E-state index in [1.165, 1.54) is 17.8 Å². The molecule has 6 nitrogen and oxygen atoms in total. The predicted molar refractivity (Wildman–Crippen MR) is 110 cm³/mol. The molecule has 0 amide bonds. The van der Waals surface area contributed by atoms with Crippen LogP contribution >= 0.6 is 23.4 Å². The summed E-state index contributed by atoms with van der Waals surface area (Å²) < 4.78 is 21.7. The summed E-state index contributed by atoms with van der Waals surface area (Å²) in [6.07, 6.45) is 1.71. The standard InChI is InChI=1S/C20H15ClFN5OS/c1-2-11-27-18(14-8-4-6-10-16(14)22)24-26-20(27)29-12-17-23-25-19(28-17)13-7-3-5-9-15(13)21/h2-10H,1,11-12H2. The van der Waals surface area contributed by atoms with Crippen LogP contribution in [0.3, 0.4) is 0 Å². The van der Waals surface area contributed by atoms with Gasteiger partial charge in [0, 0.05) is 6.54 Å². The van der Waals surface area contributed by atoms with Gasteiger partial charge in [0.1, 0.15) is 5.82 Å². The van der Waals surface area contributed by atoms with Crippen LogP contribution in [0.25, 0.3) is 22.8 Å². The van der Waals surface area contributed by atoms with Crippen molar-refractivity contribution < 1.29 is 8.81 Å². The molecule has 2 aromatic heterocycles. The van der Waals surface area contributed by atoms with E-state index in [0.29, 0.717) is 51.2 Å². The maximum atomic E-state index is 14.2. The second kappa shape index (κ2) is 8.59. The van der Waals surface area contributed by atoms with Crippen LogP contribution in [0.5, 0.6) is 0 Å². The van der Waals surface area contributed by atoms with Gasteiger partial charge in [-0.3, -0.25) is 4.57 Å². The Balaban J connectivity index is 1.56. The van der Waals surface area contributed by atoms with Gasteiger partial charge < -0.3 is 4.42 Å². The Hall–Kier alpha value is -2.97. The van der Waals surface area contributed by atoms with Crippen molar-refractivity contribution in [2.24, 2.45) is 0 Å². The van der Waals surface area contributed by atoms with Gasteiger partial charge in [-0.1, -0.05) is 53.7 Å². The monoisotopic (exact) mass is 427 g/mol. The van der Waals surface area contributed by atoms with Crippen LogP contribution < -0.4 is 0 Å². The van der Waals surface area contributed by atoms with Gasteiger partial charge in [-0.25, -0.2) is 4.39 Å². The van der Waals surface area contributed by atoms with Crippen molar-refractivity contribution in [3.05, 3.63) is 77.9 Å². The number of halogens is 2. The average molecular weight is 428 g/mol. The molecule has 0 aliphatic rings. The van der Waals surface area contributed by atoms with E-state index < -0.39 is 0 Å². The van der Waals surface area contributed by atoms with Crippen LogP contribution in [0.4, 0.5) is 4.39 Å². The van der Waals surface area contributed by atoms with Gasteiger partial charge >= 0.3 is 0 Å². The smallest absolute Gasteiger partial charge is 0.249 e. The fourth-order valence-corrected chi connectivity index (χ4v) is 3.71. The average Bonchev–Trinajstić information content (AvgIpc) is 3.35. The van der Waals surface area contributed by atoms with E-state index in [4.69, 9.17) is 16.0 Å². The molecule has 0 fully saturated rings. The Morgan fingerprint density at radius 3 is 2.55 bits per heavy atom. The highest BCUT2D eigenvalue weighted by Crippen LogP contribution is 2.30. The molecule has 0 radical (unpaired) electrons. The first-order chi connectivity index (χ1) is 14.2. The van der Waals surface area contributed by atoms with Crippen LogP contribution in [0, 0.1) is 5.82 Å². The molecule has 0 spiro atoms. The van der Waals surface area contributed by atoms with Gasteiger partial charge in [0.05, 0.1) is 21.9 Å². The summed E-state index contributed by atoms with van der Waals surface area (Å²) >= 11 is 7.54. The number of hydrogen-bond donors (Lipinski definition) is 0. The van der Waals surface area contributed by atoms with Crippen molar-refractivity contribution >= 4 is 23.4 Å². The van der Waals surface area contributed by atoms with E-state index in [0.717, 1.165) is 0 Å². The molecular weight excluding hydrogens is 413 g/mol. The minimum absolute atomic E-state index is 0.353. The van der Waals surface area contributed by atoms with Crippen molar-refractivity contribution in [2.45, 2.75) is 17.5 Å². The topological polar surface area (TPSA) is 69.6 Å². The molecule has 0 aliphatic heterocycles. The number of benzene rings is 2. The second-order valence-electron chi connectivity index (χ2n) is 5.95. The van der Waals surface area contributed by atoms with Crippen molar-refractivity contribution in [1.29, 1.82) is 0 Å². The molecule has 146 valence electrons. The molecule has 29 heavy (non-hydrogen) atoms. The van der Waals surface area contributed by atoms with Crippen molar-refractivity contribution in [1.82, 2.24) is 25.0 Å². The SMILES string of the molecule is C=CCn1c(SCc2nnc(-c3ccccc3Cl)o2)nnc1-c1ccccc1F. The predicted octanol–water partition coefficient (Wildman–Crippen LogP) is 5.27. The zero-order chi connectivity index (χ0) is 20.2. The highest BCUT2D eigenvalue weighted by Gasteiger charge is 2.18. The van der Waals surface area contributed by atoms with Crippen LogP contribution in [0.2, 0.25) is 5.02 Å². The molecule has 4 rings (SSSR count). The summed E-state index contributed by atoms with van der Waals surface area (Å²) in [7, 11) is 0. The van der Waals surface area contributed by atoms with Crippen LogP contribution in [0.1, 0.15) is 5.89 Å². The van der Waals surface area contributed by atoms with Gasteiger partial charge in [0.15, 0.2) is 11.0 Å². The maximum absolute atomic E-state index is 14.2. The van der Waals surface area contributed by atoms with E-state index in [1.54, 1.807) is 34.9 Å². The molecule has 0 atom stereocenters. The lowest BCUT2D eigenvalue weighted by atomic mass is 10.2. The Labute approximate surface area is 175 Å². The number of thioether (sulfide) groups is 1. The first-order valence-electron chi connectivity index (χ1n) is 8.66. The minimum atomic E-state index is -0.358. The molecular formula is C20H15ClFN5OS. The molecule has 2 heterocycles. The molecule has 0 saturated carbocycles. The maximum Gasteiger partial charge on any atom is 0.249 e. The fourth-order valence-electron chi connectivity index (χ4n) is 2.71. The third-order valence-electron chi connectivity index (χ3n) is 4.04. The number of rotatable bonds is 7. The molecule has 0 aliphatic carbocycles. The van der Waals surface area contributed by atoms with Crippen molar-refractivity contribution in [3.8, 4) is 22.8 Å². The zero-order valence-electron chi connectivity index (χ0n) is 15.1. The van der Waals surface area contributed by atoms with E-state index in [1.807, 2.05) is 18.2 Å². The van der Waals surface area contributed by atoms with Crippen LogP contribution in [-0.2, 0) is 12.3 Å². The molecule has 0 bridgehead atoms. The Morgan fingerprint density at radius 1 is 1.03 bits per heavy atom. The first-order valence-corrected chi connectivity index (χ1v) is 10.0.